The summed E-state index contributed by atoms with van der Waals surface area (Å²) >= 11 is 0. The Morgan fingerprint density at radius 1 is 1.33 bits per heavy atom. The van der Waals surface area contributed by atoms with Gasteiger partial charge in [-0.3, -0.25) is 9.48 Å². The summed E-state index contributed by atoms with van der Waals surface area (Å²) in [5, 5.41) is 13.4. The molecule has 1 aromatic carbocycles. The SMILES string of the molecule is Cc1cc(C(=O)N(C)c2ccc(O)cc2)nn1C. The Labute approximate surface area is 105 Å². The van der Waals surface area contributed by atoms with Crippen molar-refractivity contribution in [3.8, 4) is 5.75 Å². The van der Waals surface area contributed by atoms with E-state index in [0.717, 1.165) is 5.69 Å². The lowest BCUT2D eigenvalue weighted by Crippen LogP contribution is -2.26. The summed E-state index contributed by atoms with van der Waals surface area (Å²) in [5.41, 5.74) is 2.05. The number of benzene rings is 1. The van der Waals surface area contributed by atoms with E-state index in [1.807, 2.05) is 6.92 Å². The normalized spacial score (nSPS) is 10.4. The maximum atomic E-state index is 12.2. The number of phenolic OH excluding ortho intramolecular Hbond substituents is 1. The van der Waals surface area contributed by atoms with Crippen molar-refractivity contribution in [1.29, 1.82) is 0 Å². The first-order valence-electron chi connectivity index (χ1n) is 5.57. The highest BCUT2D eigenvalue weighted by Gasteiger charge is 2.17. The molecule has 0 aliphatic rings. The number of rotatable bonds is 2. The van der Waals surface area contributed by atoms with Crippen molar-refractivity contribution in [1.82, 2.24) is 9.78 Å². The summed E-state index contributed by atoms with van der Waals surface area (Å²) in [6, 6.07) is 8.21. The fourth-order valence-electron chi connectivity index (χ4n) is 1.63. The van der Waals surface area contributed by atoms with Gasteiger partial charge in [-0.1, -0.05) is 0 Å². The van der Waals surface area contributed by atoms with Gasteiger partial charge in [-0.05, 0) is 37.3 Å². The van der Waals surface area contributed by atoms with Crippen LogP contribution < -0.4 is 4.90 Å². The van der Waals surface area contributed by atoms with Gasteiger partial charge in [0.05, 0.1) is 0 Å². The number of aromatic nitrogens is 2. The second-order valence-electron chi connectivity index (χ2n) is 4.18. The fourth-order valence-corrected chi connectivity index (χ4v) is 1.63. The minimum atomic E-state index is -0.176. The molecular weight excluding hydrogens is 230 g/mol. The first-order chi connectivity index (χ1) is 8.49. The second kappa shape index (κ2) is 4.52. The van der Waals surface area contributed by atoms with Gasteiger partial charge in [0, 0.05) is 25.5 Å². The van der Waals surface area contributed by atoms with Gasteiger partial charge in [-0.2, -0.15) is 5.10 Å². The fraction of sp³-hybridized carbons (Fsp3) is 0.231. The quantitative estimate of drug-likeness (QED) is 0.876. The molecule has 1 aromatic heterocycles. The summed E-state index contributed by atoms with van der Waals surface area (Å²) in [4.78, 5) is 13.7. The Morgan fingerprint density at radius 3 is 2.44 bits per heavy atom. The Morgan fingerprint density at radius 2 is 1.94 bits per heavy atom. The first-order valence-corrected chi connectivity index (χ1v) is 5.57. The molecule has 1 heterocycles. The van der Waals surface area contributed by atoms with Crippen LogP contribution in [0.25, 0.3) is 0 Å². The van der Waals surface area contributed by atoms with Gasteiger partial charge >= 0.3 is 0 Å². The van der Waals surface area contributed by atoms with E-state index in [0.29, 0.717) is 11.4 Å². The van der Waals surface area contributed by atoms with E-state index in [2.05, 4.69) is 5.10 Å². The Bertz CT molecular complexity index is 553. The number of aromatic hydroxyl groups is 1. The van der Waals surface area contributed by atoms with Crippen molar-refractivity contribution < 1.29 is 9.90 Å². The number of carbonyl (C=O) groups is 1. The number of anilines is 1. The van der Waals surface area contributed by atoms with Gasteiger partial charge in [0.15, 0.2) is 5.69 Å². The summed E-state index contributed by atoms with van der Waals surface area (Å²) < 4.78 is 1.66. The average molecular weight is 245 g/mol. The van der Waals surface area contributed by atoms with Gasteiger partial charge < -0.3 is 10.0 Å². The number of amides is 1. The molecule has 0 saturated heterocycles. The largest absolute Gasteiger partial charge is 0.508 e. The van der Waals surface area contributed by atoms with E-state index < -0.39 is 0 Å². The van der Waals surface area contributed by atoms with Crippen molar-refractivity contribution in [2.45, 2.75) is 6.92 Å². The minimum Gasteiger partial charge on any atom is -0.508 e. The Balaban J connectivity index is 2.26. The summed E-state index contributed by atoms with van der Waals surface area (Å²) in [5.74, 6) is -0.00216. The molecule has 0 atom stereocenters. The lowest BCUT2D eigenvalue weighted by molar-refractivity contribution is 0.0987. The molecule has 2 rings (SSSR count). The van der Waals surface area contributed by atoms with Crippen LogP contribution in [0.4, 0.5) is 5.69 Å². The van der Waals surface area contributed by atoms with Crippen LogP contribution in [0.15, 0.2) is 30.3 Å². The topological polar surface area (TPSA) is 58.4 Å². The van der Waals surface area contributed by atoms with Crippen LogP contribution in [0.2, 0.25) is 0 Å². The van der Waals surface area contributed by atoms with Gasteiger partial charge in [0.2, 0.25) is 0 Å². The van der Waals surface area contributed by atoms with Crippen LogP contribution in [-0.4, -0.2) is 27.8 Å². The third-order valence-corrected chi connectivity index (χ3v) is 2.87. The van der Waals surface area contributed by atoms with Crippen molar-refractivity contribution in [2.75, 3.05) is 11.9 Å². The maximum absolute atomic E-state index is 12.2. The third-order valence-electron chi connectivity index (χ3n) is 2.87. The van der Waals surface area contributed by atoms with Crippen LogP contribution in [0, 0.1) is 6.92 Å². The lowest BCUT2D eigenvalue weighted by atomic mass is 10.2. The molecular formula is C13H15N3O2. The third kappa shape index (κ3) is 2.20. The van der Waals surface area contributed by atoms with Crippen LogP contribution in [0.1, 0.15) is 16.2 Å². The lowest BCUT2D eigenvalue weighted by Gasteiger charge is -2.15. The van der Waals surface area contributed by atoms with E-state index in [9.17, 15) is 9.90 Å². The van der Waals surface area contributed by atoms with Crippen molar-refractivity contribution in [3.05, 3.63) is 41.7 Å². The molecule has 0 aliphatic heterocycles. The second-order valence-corrected chi connectivity index (χ2v) is 4.18. The van der Waals surface area contributed by atoms with Crippen LogP contribution in [0.3, 0.4) is 0 Å². The number of aryl methyl sites for hydroxylation is 2. The molecule has 1 amide bonds. The van der Waals surface area contributed by atoms with Crippen LogP contribution in [0.5, 0.6) is 5.75 Å². The molecule has 94 valence electrons. The number of carbonyl (C=O) groups excluding carboxylic acids is 1. The van der Waals surface area contributed by atoms with Gasteiger partial charge in [-0.15, -0.1) is 0 Å². The van der Waals surface area contributed by atoms with Crippen molar-refractivity contribution in [3.63, 3.8) is 0 Å². The first kappa shape index (κ1) is 12.2. The molecule has 5 heteroatoms. The standard InChI is InChI=1S/C13H15N3O2/c1-9-8-12(14-16(9)3)13(18)15(2)10-4-6-11(17)7-5-10/h4-8,17H,1-3H3. The Hall–Kier alpha value is -2.30. The zero-order chi connectivity index (χ0) is 13.3. The van der Waals surface area contributed by atoms with Crippen molar-refractivity contribution >= 4 is 11.6 Å². The highest BCUT2D eigenvalue weighted by molar-refractivity contribution is 6.04. The molecule has 0 saturated carbocycles. The van der Waals surface area contributed by atoms with E-state index in [4.69, 9.17) is 0 Å². The average Bonchev–Trinajstić information content (AvgIpc) is 2.69. The zero-order valence-corrected chi connectivity index (χ0v) is 10.6. The van der Waals surface area contributed by atoms with Gasteiger partial charge in [0.1, 0.15) is 5.75 Å². The molecule has 5 nitrogen and oxygen atoms in total. The number of hydrogen-bond acceptors (Lipinski definition) is 3. The van der Waals surface area contributed by atoms with E-state index >= 15 is 0 Å². The number of phenols is 1. The number of hydrogen-bond donors (Lipinski definition) is 1. The summed E-state index contributed by atoms with van der Waals surface area (Å²) in [6.45, 7) is 1.89. The summed E-state index contributed by atoms with van der Waals surface area (Å²) in [6.07, 6.45) is 0. The smallest absolute Gasteiger partial charge is 0.278 e. The van der Waals surface area contributed by atoms with Gasteiger partial charge in [-0.25, -0.2) is 0 Å². The molecule has 2 aromatic rings. The molecule has 0 bridgehead atoms. The molecule has 0 spiro atoms. The van der Waals surface area contributed by atoms with Crippen LogP contribution >= 0.6 is 0 Å². The predicted octanol–water partition coefficient (Wildman–Crippen LogP) is 1.71. The van der Waals surface area contributed by atoms with E-state index in [1.54, 1.807) is 49.1 Å². The molecule has 18 heavy (non-hydrogen) atoms. The highest BCUT2D eigenvalue weighted by atomic mass is 16.3. The predicted molar refractivity (Wildman–Crippen MR) is 68.8 cm³/mol. The molecule has 0 radical (unpaired) electrons. The van der Waals surface area contributed by atoms with Crippen LogP contribution in [-0.2, 0) is 7.05 Å². The maximum Gasteiger partial charge on any atom is 0.278 e. The molecule has 0 aliphatic carbocycles. The van der Waals surface area contributed by atoms with Crippen molar-refractivity contribution in [2.24, 2.45) is 7.05 Å². The number of nitrogens with zero attached hydrogens (tertiary/aromatic N) is 3. The summed E-state index contributed by atoms with van der Waals surface area (Å²) in [7, 11) is 3.48. The molecule has 0 unspecified atom stereocenters. The highest BCUT2D eigenvalue weighted by Crippen LogP contribution is 2.18. The van der Waals surface area contributed by atoms with E-state index in [1.165, 1.54) is 4.90 Å². The zero-order valence-electron chi connectivity index (χ0n) is 10.6. The Kier molecular flexibility index (Phi) is 3.06. The van der Waals surface area contributed by atoms with Gasteiger partial charge in [0.25, 0.3) is 5.91 Å². The molecule has 0 fully saturated rings. The molecule has 1 N–H and O–H groups in total. The monoisotopic (exact) mass is 245 g/mol. The minimum absolute atomic E-state index is 0.174. The van der Waals surface area contributed by atoms with E-state index in [-0.39, 0.29) is 11.7 Å².